The van der Waals surface area contributed by atoms with Crippen LogP contribution >= 0.6 is 12.6 Å². The Morgan fingerprint density at radius 2 is 1.73 bits per heavy atom. The zero-order valence-corrected chi connectivity index (χ0v) is 20.6. The standard InChI is InChI=1S/C25H22F3N5O3S/c1-24(2)21(34)33(18-9-8-16(13-19(18)37)25(26,27)28)23(36)32(24)14-15-10-11-29-20(12-15)31-22(35)30-17-6-4-3-5-7-17/h3-13,37H,14H2,1-2H3,(H2,29,30,31,35). The number of nitrogens with zero attached hydrogens (tertiary/aromatic N) is 3. The fraction of sp³-hybridized carbons (Fsp3) is 0.200. The molecule has 1 aromatic heterocycles. The Bertz CT molecular complexity index is 1370. The van der Waals surface area contributed by atoms with Crippen molar-refractivity contribution in [3.05, 3.63) is 78.0 Å². The molecule has 0 unspecified atom stereocenters. The number of thiol groups is 1. The molecule has 2 heterocycles. The number of halogens is 3. The maximum absolute atomic E-state index is 13.3. The van der Waals surface area contributed by atoms with Gasteiger partial charge in [-0.05, 0) is 61.9 Å². The van der Waals surface area contributed by atoms with E-state index in [1.54, 1.807) is 50.2 Å². The topological polar surface area (TPSA) is 94.6 Å². The van der Waals surface area contributed by atoms with Crippen molar-refractivity contribution in [3.8, 4) is 0 Å². The molecule has 37 heavy (non-hydrogen) atoms. The van der Waals surface area contributed by atoms with Crippen LogP contribution in [0.1, 0.15) is 25.0 Å². The van der Waals surface area contributed by atoms with Gasteiger partial charge in [0.2, 0.25) is 0 Å². The van der Waals surface area contributed by atoms with Crippen LogP contribution in [0.25, 0.3) is 0 Å². The lowest BCUT2D eigenvalue weighted by Crippen LogP contribution is -2.43. The molecule has 1 saturated heterocycles. The van der Waals surface area contributed by atoms with E-state index in [2.05, 4.69) is 28.2 Å². The Morgan fingerprint density at radius 1 is 1.03 bits per heavy atom. The van der Waals surface area contributed by atoms with E-state index in [1.807, 2.05) is 6.07 Å². The normalized spacial score (nSPS) is 15.2. The van der Waals surface area contributed by atoms with Crippen molar-refractivity contribution >= 4 is 47.8 Å². The molecule has 12 heteroatoms. The molecule has 192 valence electrons. The van der Waals surface area contributed by atoms with Gasteiger partial charge in [0.05, 0.1) is 11.3 Å². The summed E-state index contributed by atoms with van der Waals surface area (Å²) in [5, 5.41) is 5.28. The van der Waals surface area contributed by atoms with E-state index >= 15 is 0 Å². The SMILES string of the molecule is CC1(C)C(=O)N(c2ccc(C(F)(F)F)cc2S)C(=O)N1Cc1ccnc(NC(=O)Nc2ccccc2)c1. The number of benzene rings is 2. The zero-order valence-electron chi connectivity index (χ0n) is 19.7. The number of aromatic nitrogens is 1. The van der Waals surface area contributed by atoms with Gasteiger partial charge in [-0.15, -0.1) is 12.6 Å². The van der Waals surface area contributed by atoms with Gasteiger partial charge in [-0.1, -0.05) is 18.2 Å². The molecule has 8 nitrogen and oxygen atoms in total. The van der Waals surface area contributed by atoms with Crippen LogP contribution < -0.4 is 15.5 Å². The Labute approximate surface area is 215 Å². The van der Waals surface area contributed by atoms with Gasteiger partial charge in [0, 0.05) is 23.3 Å². The number of imide groups is 1. The molecule has 1 fully saturated rings. The lowest BCUT2D eigenvalue weighted by atomic mass is 10.0. The van der Waals surface area contributed by atoms with Crippen molar-refractivity contribution in [3.63, 3.8) is 0 Å². The number of carbonyl (C=O) groups is 3. The average molecular weight is 530 g/mol. The third kappa shape index (κ3) is 5.38. The first-order valence-electron chi connectivity index (χ1n) is 11.0. The van der Waals surface area contributed by atoms with Gasteiger partial charge in [0.25, 0.3) is 5.91 Å². The number of hydrogen-bond acceptors (Lipinski definition) is 5. The number of anilines is 3. The fourth-order valence-electron chi connectivity index (χ4n) is 3.83. The molecular formula is C25H22F3N5O3S. The number of para-hydroxylation sites is 1. The van der Waals surface area contributed by atoms with Crippen molar-refractivity contribution in [1.29, 1.82) is 0 Å². The summed E-state index contributed by atoms with van der Waals surface area (Å²) in [6.07, 6.45) is -3.15. The summed E-state index contributed by atoms with van der Waals surface area (Å²) >= 11 is 4.10. The first-order chi connectivity index (χ1) is 17.4. The molecule has 1 aliphatic rings. The van der Waals surface area contributed by atoms with Crippen LogP contribution in [0.3, 0.4) is 0 Å². The van der Waals surface area contributed by atoms with Crippen LogP contribution in [0.15, 0.2) is 71.8 Å². The van der Waals surface area contributed by atoms with E-state index in [-0.39, 0.29) is 22.9 Å². The van der Waals surface area contributed by atoms with E-state index in [9.17, 15) is 27.6 Å². The van der Waals surface area contributed by atoms with Gasteiger partial charge >= 0.3 is 18.2 Å². The van der Waals surface area contributed by atoms with Crippen molar-refractivity contribution in [2.24, 2.45) is 0 Å². The average Bonchev–Trinajstić information content (AvgIpc) is 2.99. The summed E-state index contributed by atoms with van der Waals surface area (Å²) in [6, 6.07) is 13.4. The minimum absolute atomic E-state index is 0.0197. The molecule has 0 bridgehead atoms. The quantitative estimate of drug-likeness (QED) is 0.289. The van der Waals surface area contributed by atoms with E-state index < -0.39 is 35.2 Å². The number of carbonyl (C=O) groups excluding carboxylic acids is 3. The maximum Gasteiger partial charge on any atom is 0.416 e. The number of rotatable bonds is 5. The van der Waals surface area contributed by atoms with Gasteiger partial charge in [-0.25, -0.2) is 19.5 Å². The molecule has 0 spiro atoms. The first kappa shape index (κ1) is 26.0. The first-order valence-corrected chi connectivity index (χ1v) is 11.5. The Morgan fingerprint density at radius 3 is 2.38 bits per heavy atom. The minimum atomic E-state index is -4.59. The van der Waals surface area contributed by atoms with Crippen molar-refractivity contribution in [2.75, 3.05) is 15.5 Å². The Balaban J connectivity index is 1.53. The maximum atomic E-state index is 13.3. The number of urea groups is 2. The van der Waals surface area contributed by atoms with Gasteiger partial charge in [0.1, 0.15) is 11.4 Å². The Kier molecular flexibility index (Phi) is 6.87. The number of alkyl halides is 3. The number of hydrogen-bond donors (Lipinski definition) is 3. The predicted molar refractivity (Wildman–Crippen MR) is 135 cm³/mol. The van der Waals surface area contributed by atoms with Crippen LogP contribution in [-0.4, -0.2) is 33.4 Å². The second kappa shape index (κ2) is 9.77. The molecule has 0 radical (unpaired) electrons. The van der Waals surface area contributed by atoms with Crippen LogP contribution in [-0.2, 0) is 17.5 Å². The van der Waals surface area contributed by atoms with Gasteiger partial charge in [0.15, 0.2) is 0 Å². The van der Waals surface area contributed by atoms with Crippen molar-refractivity contribution < 1.29 is 27.6 Å². The lowest BCUT2D eigenvalue weighted by Gasteiger charge is -2.27. The van der Waals surface area contributed by atoms with Gasteiger partial charge in [-0.3, -0.25) is 10.1 Å². The number of nitrogens with one attached hydrogen (secondary N) is 2. The molecule has 1 aliphatic heterocycles. The second-order valence-electron chi connectivity index (χ2n) is 8.76. The van der Waals surface area contributed by atoms with Gasteiger partial charge < -0.3 is 10.2 Å². The number of pyridine rings is 1. The van der Waals surface area contributed by atoms with Crippen LogP contribution in [0.2, 0.25) is 0 Å². The highest BCUT2D eigenvalue weighted by molar-refractivity contribution is 7.80. The summed E-state index contributed by atoms with van der Waals surface area (Å²) in [7, 11) is 0. The van der Waals surface area contributed by atoms with Crippen LogP contribution in [0.5, 0.6) is 0 Å². The molecule has 2 aromatic carbocycles. The highest BCUT2D eigenvalue weighted by Crippen LogP contribution is 2.39. The lowest BCUT2D eigenvalue weighted by molar-refractivity contribution is -0.137. The van der Waals surface area contributed by atoms with Crippen molar-refractivity contribution in [2.45, 2.75) is 37.0 Å². The zero-order chi connectivity index (χ0) is 27.0. The smallest absolute Gasteiger partial charge is 0.308 e. The number of amides is 5. The van der Waals surface area contributed by atoms with E-state index in [0.29, 0.717) is 11.3 Å². The molecule has 0 saturated carbocycles. The molecule has 4 rings (SSSR count). The van der Waals surface area contributed by atoms with E-state index in [0.717, 1.165) is 23.1 Å². The molecule has 2 N–H and O–H groups in total. The molecular weight excluding hydrogens is 507 g/mol. The summed E-state index contributed by atoms with van der Waals surface area (Å²) in [5.41, 5.74) is -1.13. The third-order valence-electron chi connectivity index (χ3n) is 5.81. The predicted octanol–water partition coefficient (Wildman–Crippen LogP) is 5.78. The third-order valence-corrected chi connectivity index (χ3v) is 6.16. The summed E-state index contributed by atoms with van der Waals surface area (Å²) in [4.78, 5) is 44.9. The molecule has 0 atom stereocenters. The van der Waals surface area contributed by atoms with Crippen molar-refractivity contribution in [1.82, 2.24) is 9.88 Å². The van der Waals surface area contributed by atoms with E-state index in [4.69, 9.17) is 0 Å². The fourth-order valence-corrected chi connectivity index (χ4v) is 4.14. The van der Waals surface area contributed by atoms with Crippen LogP contribution in [0.4, 0.5) is 40.0 Å². The van der Waals surface area contributed by atoms with E-state index in [1.165, 1.54) is 11.1 Å². The van der Waals surface area contributed by atoms with Gasteiger partial charge in [-0.2, -0.15) is 13.2 Å². The summed E-state index contributed by atoms with van der Waals surface area (Å²) in [6.45, 7) is 3.07. The second-order valence-corrected chi connectivity index (χ2v) is 9.25. The molecule has 3 aromatic rings. The molecule has 0 aliphatic carbocycles. The monoisotopic (exact) mass is 529 g/mol. The highest BCUT2D eigenvalue weighted by Gasteiger charge is 2.52. The largest absolute Gasteiger partial charge is 0.416 e. The Hall–Kier alpha value is -4.06. The van der Waals surface area contributed by atoms with Crippen LogP contribution in [0, 0.1) is 0 Å². The minimum Gasteiger partial charge on any atom is -0.308 e. The summed E-state index contributed by atoms with van der Waals surface area (Å²) in [5.74, 6) is -0.388. The highest BCUT2D eigenvalue weighted by atomic mass is 32.1. The molecule has 5 amide bonds. The summed E-state index contributed by atoms with van der Waals surface area (Å²) < 4.78 is 39.2.